The van der Waals surface area contributed by atoms with Crippen LogP contribution in [0.5, 0.6) is 23.0 Å². The molecule has 36 heavy (non-hydrogen) atoms. The Labute approximate surface area is 207 Å². The van der Waals surface area contributed by atoms with E-state index in [1.807, 2.05) is 60.7 Å². The first kappa shape index (κ1) is 23.2. The summed E-state index contributed by atoms with van der Waals surface area (Å²) in [7, 11) is 0. The van der Waals surface area contributed by atoms with E-state index in [9.17, 15) is 30.0 Å². The molecule has 6 nitrogen and oxygen atoms in total. The number of rotatable bonds is 6. The van der Waals surface area contributed by atoms with Gasteiger partial charge in [-0.2, -0.15) is 0 Å². The molecule has 4 aromatic rings. The predicted molar refractivity (Wildman–Crippen MR) is 134 cm³/mol. The number of ketones is 2. The largest absolute Gasteiger partial charge is 0.508 e. The number of benzene rings is 4. The minimum atomic E-state index is -0.839. The summed E-state index contributed by atoms with van der Waals surface area (Å²) in [5, 5.41) is 40.3. The van der Waals surface area contributed by atoms with Crippen molar-refractivity contribution in [2.75, 3.05) is 0 Å². The zero-order valence-corrected chi connectivity index (χ0v) is 19.2. The minimum absolute atomic E-state index is 0.0120. The quantitative estimate of drug-likeness (QED) is 0.275. The molecule has 5 rings (SSSR count). The smallest absolute Gasteiger partial charge is 0.171 e. The summed E-state index contributed by atoms with van der Waals surface area (Å²) < 4.78 is 0. The lowest BCUT2D eigenvalue weighted by atomic mass is 9.49. The summed E-state index contributed by atoms with van der Waals surface area (Å²) in [4.78, 5) is 27.8. The average molecular weight is 481 g/mol. The topological polar surface area (TPSA) is 115 Å². The van der Waals surface area contributed by atoms with Gasteiger partial charge in [0, 0.05) is 35.8 Å². The Hall–Kier alpha value is -4.58. The molecule has 180 valence electrons. The van der Waals surface area contributed by atoms with Gasteiger partial charge in [-0.25, -0.2) is 0 Å². The molecule has 0 saturated heterocycles. The van der Waals surface area contributed by atoms with Gasteiger partial charge in [0.15, 0.2) is 11.6 Å². The number of carbonyl (C=O) groups excluding carboxylic acids is 2. The number of carbonyl (C=O) groups is 2. The van der Waals surface area contributed by atoms with Gasteiger partial charge in [0.25, 0.3) is 0 Å². The lowest BCUT2D eigenvalue weighted by Gasteiger charge is -2.51. The molecule has 0 heterocycles. The Balaban J connectivity index is 1.67. The number of Topliss-reactive ketones (excluding diaryl/α,β-unsaturated/α-hetero) is 2. The van der Waals surface area contributed by atoms with Crippen LogP contribution in [0.25, 0.3) is 0 Å². The average Bonchev–Trinajstić information content (AvgIpc) is 2.84. The van der Waals surface area contributed by atoms with E-state index in [4.69, 9.17) is 0 Å². The molecule has 1 aliphatic rings. The van der Waals surface area contributed by atoms with Gasteiger partial charge in [-0.1, -0.05) is 60.7 Å². The van der Waals surface area contributed by atoms with Gasteiger partial charge in [0.1, 0.15) is 23.0 Å². The highest BCUT2D eigenvalue weighted by molar-refractivity contribution is 6.09. The maximum Gasteiger partial charge on any atom is 0.171 e. The highest BCUT2D eigenvalue weighted by atomic mass is 16.3. The van der Waals surface area contributed by atoms with Gasteiger partial charge in [0.2, 0.25) is 0 Å². The third-order valence-electron chi connectivity index (χ3n) is 7.02. The van der Waals surface area contributed by atoms with Crippen molar-refractivity contribution in [2.24, 2.45) is 11.8 Å². The van der Waals surface area contributed by atoms with Crippen LogP contribution in [0.1, 0.15) is 43.7 Å². The fraction of sp³-hybridized carbons (Fsp3) is 0.133. The Morgan fingerprint density at radius 2 is 0.861 bits per heavy atom. The highest BCUT2D eigenvalue weighted by Gasteiger charge is 2.58. The second kappa shape index (κ2) is 9.23. The second-order valence-electron chi connectivity index (χ2n) is 9.06. The van der Waals surface area contributed by atoms with Crippen molar-refractivity contribution in [3.05, 3.63) is 119 Å². The zero-order chi connectivity index (χ0) is 25.4. The van der Waals surface area contributed by atoms with E-state index >= 15 is 0 Å². The molecule has 0 amide bonds. The number of phenols is 4. The van der Waals surface area contributed by atoms with Gasteiger partial charge in [-0.3, -0.25) is 9.59 Å². The third kappa shape index (κ3) is 3.96. The highest BCUT2D eigenvalue weighted by Crippen LogP contribution is 2.60. The maximum absolute atomic E-state index is 13.9. The molecule has 6 heteroatoms. The van der Waals surface area contributed by atoms with Gasteiger partial charge in [-0.15, -0.1) is 0 Å². The monoisotopic (exact) mass is 480 g/mol. The number of phenolic OH excluding ortho intramolecular Hbond substituents is 4. The second-order valence-corrected chi connectivity index (χ2v) is 9.06. The van der Waals surface area contributed by atoms with Crippen molar-refractivity contribution in [1.82, 2.24) is 0 Å². The molecule has 4 N–H and O–H groups in total. The lowest BCUT2D eigenvalue weighted by molar-refractivity contribution is 0.0452. The number of aromatic hydroxyl groups is 4. The summed E-state index contributed by atoms with van der Waals surface area (Å²) >= 11 is 0. The Morgan fingerprint density at radius 3 is 1.19 bits per heavy atom. The first-order valence-corrected chi connectivity index (χ1v) is 11.6. The van der Waals surface area contributed by atoms with E-state index in [0.29, 0.717) is 0 Å². The zero-order valence-electron chi connectivity index (χ0n) is 19.2. The van der Waals surface area contributed by atoms with Crippen molar-refractivity contribution in [2.45, 2.75) is 11.8 Å². The molecule has 0 spiro atoms. The maximum atomic E-state index is 13.9. The molecule has 0 radical (unpaired) electrons. The molecule has 1 aliphatic carbocycles. The van der Waals surface area contributed by atoms with Crippen LogP contribution in [-0.2, 0) is 0 Å². The lowest BCUT2D eigenvalue weighted by Crippen LogP contribution is -2.51. The fourth-order valence-corrected chi connectivity index (χ4v) is 5.40. The van der Waals surface area contributed by atoms with Crippen LogP contribution in [0.4, 0.5) is 0 Å². The van der Waals surface area contributed by atoms with E-state index in [1.54, 1.807) is 0 Å². The van der Waals surface area contributed by atoms with Crippen molar-refractivity contribution in [1.29, 1.82) is 0 Å². The van der Waals surface area contributed by atoms with Crippen LogP contribution < -0.4 is 0 Å². The summed E-state index contributed by atoms with van der Waals surface area (Å²) in [5.74, 6) is -4.37. The summed E-state index contributed by atoms with van der Waals surface area (Å²) in [6.07, 6.45) is 0. The van der Waals surface area contributed by atoms with Crippen LogP contribution in [-0.4, -0.2) is 32.0 Å². The Bertz CT molecular complexity index is 1320. The van der Waals surface area contributed by atoms with Crippen LogP contribution in [0.15, 0.2) is 97.1 Å². The Kier molecular flexibility index (Phi) is 5.94. The van der Waals surface area contributed by atoms with E-state index in [2.05, 4.69) is 0 Å². The molecule has 0 bridgehead atoms. The normalized spacial score (nSPS) is 20.9. The van der Waals surface area contributed by atoms with Crippen molar-refractivity contribution in [3.8, 4) is 23.0 Å². The third-order valence-corrected chi connectivity index (χ3v) is 7.02. The van der Waals surface area contributed by atoms with Crippen molar-refractivity contribution >= 4 is 11.6 Å². The molecular formula is C30H24O6. The van der Waals surface area contributed by atoms with Gasteiger partial charge >= 0.3 is 0 Å². The molecule has 0 aliphatic heterocycles. The van der Waals surface area contributed by atoms with Crippen molar-refractivity contribution < 1.29 is 30.0 Å². The number of hydrogen-bond donors (Lipinski definition) is 4. The van der Waals surface area contributed by atoms with E-state index in [-0.39, 0.29) is 46.0 Å². The first-order chi connectivity index (χ1) is 17.4. The molecule has 0 unspecified atom stereocenters. The van der Waals surface area contributed by atoms with Crippen LogP contribution in [0.2, 0.25) is 0 Å². The van der Waals surface area contributed by atoms with Crippen LogP contribution >= 0.6 is 0 Å². The SMILES string of the molecule is O=C(c1ccc(O)cc1O)[C@H]1[C@H](C(=O)c2ccc(O)cc2O)[C@H](c2ccccc2)[C@@H]1c1ccccc1. The summed E-state index contributed by atoms with van der Waals surface area (Å²) in [6, 6.07) is 26.4. The molecule has 4 atom stereocenters. The number of hydrogen-bond acceptors (Lipinski definition) is 6. The van der Waals surface area contributed by atoms with Gasteiger partial charge in [0.05, 0.1) is 11.1 Å². The first-order valence-electron chi connectivity index (χ1n) is 11.6. The summed E-state index contributed by atoms with van der Waals surface area (Å²) in [6.45, 7) is 0. The molecule has 1 fully saturated rings. The molecule has 0 aromatic heterocycles. The van der Waals surface area contributed by atoms with E-state index in [1.165, 1.54) is 24.3 Å². The minimum Gasteiger partial charge on any atom is -0.508 e. The fourth-order valence-electron chi connectivity index (χ4n) is 5.40. The van der Waals surface area contributed by atoms with Crippen LogP contribution in [0.3, 0.4) is 0 Å². The molecule has 4 aromatic carbocycles. The van der Waals surface area contributed by atoms with Gasteiger partial charge in [-0.05, 0) is 35.4 Å². The van der Waals surface area contributed by atoms with E-state index < -0.39 is 23.4 Å². The van der Waals surface area contributed by atoms with Gasteiger partial charge < -0.3 is 20.4 Å². The molecule has 1 saturated carbocycles. The van der Waals surface area contributed by atoms with Crippen molar-refractivity contribution in [3.63, 3.8) is 0 Å². The molecular weight excluding hydrogens is 456 g/mol. The van der Waals surface area contributed by atoms with Crippen LogP contribution in [0, 0.1) is 11.8 Å². The van der Waals surface area contributed by atoms with E-state index in [0.717, 1.165) is 23.3 Å². The summed E-state index contributed by atoms with van der Waals surface area (Å²) in [5.41, 5.74) is 1.78. The Morgan fingerprint density at radius 1 is 0.500 bits per heavy atom. The standard InChI is InChI=1S/C30H24O6/c31-19-11-13-21(23(33)15-19)29(35)27-25(17-7-3-1-4-8-17)26(18-9-5-2-6-10-18)28(27)30(36)22-14-12-20(32)16-24(22)34/h1-16,25-28,31-34H/t25-,26+,27-,28-/m1/s1. The predicted octanol–water partition coefficient (Wildman–Crippen LogP) is 5.39.